The summed E-state index contributed by atoms with van der Waals surface area (Å²) >= 11 is 5.32. The summed E-state index contributed by atoms with van der Waals surface area (Å²) in [6.45, 7) is 6.17. The normalized spacial score (nSPS) is 11.4. The maximum Gasteiger partial charge on any atom is 0.195 e. The Balaban J connectivity index is 2.22. The van der Waals surface area contributed by atoms with Crippen LogP contribution in [0.4, 0.5) is 0 Å². The van der Waals surface area contributed by atoms with Gasteiger partial charge in [0.05, 0.1) is 0 Å². The molecule has 0 radical (unpaired) electrons. The van der Waals surface area contributed by atoms with Gasteiger partial charge in [0.25, 0.3) is 0 Å². The number of aromatic amines is 1. The molecule has 0 amide bonds. The third-order valence-electron chi connectivity index (χ3n) is 3.35. The molecule has 0 aliphatic carbocycles. The number of aromatic nitrogens is 3. The Morgan fingerprint density at radius 2 is 2.00 bits per heavy atom. The predicted octanol–water partition coefficient (Wildman–Crippen LogP) is 2.95. The highest BCUT2D eigenvalue weighted by Crippen LogP contribution is 2.16. The van der Waals surface area contributed by atoms with Gasteiger partial charge < -0.3 is 4.90 Å². The third kappa shape index (κ3) is 3.30. The summed E-state index contributed by atoms with van der Waals surface area (Å²) in [6, 6.07) is 10.7. The van der Waals surface area contributed by atoms with Crippen LogP contribution < -0.4 is 0 Å². The Hall–Kier alpha value is -1.46. The molecule has 102 valence electrons. The highest BCUT2D eigenvalue weighted by atomic mass is 32.1. The number of hydrogen-bond acceptors (Lipinski definition) is 3. The second-order valence-electron chi connectivity index (χ2n) is 4.94. The van der Waals surface area contributed by atoms with E-state index in [4.69, 9.17) is 12.2 Å². The van der Waals surface area contributed by atoms with Crippen LogP contribution in [0.3, 0.4) is 0 Å². The Labute approximate surface area is 119 Å². The minimum Gasteiger partial charge on any atom is -0.302 e. The molecular formula is C14H20N4S. The Morgan fingerprint density at radius 1 is 1.32 bits per heavy atom. The van der Waals surface area contributed by atoms with Crippen LogP contribution in [0.2, 0.25) is 0 Å². The van der Waals surface area contributed by atoms with Gasteiger partial charge in [0, 0.05) is 24.7 Å². The summed E-state index contributed by atoms with van der Waals surface area (Å²) in [4.78, 5) is 2.30. The topological polar surface area (TPSA) is 36.9 Å². The summed E-state index contributed by atoms with van der Waals surface area (Å²) in [5, 5.41) is 7.22. The zero-order chi connectivity index (χ0) is 13.8. The second-order valence-corrected chi connectivity index (χ2v) is 5.33. The lowest BCUT2D eigenvalue weighted by Gasteiger charge is -2.21. The van der Waals surface area contributed by atoms with Crippen molar-refractivity contribution < 1.29 is 0 Å². The number of nitrogens with one attached hydrogen (secondary N) is 1. The fraction of sp³-hybridized carbons (Fsp3) is 0.429. The Morgan fingerprint density at radius 3 is 2.63 bits per heavy atom. The zero-order valence-corrected chi connectivity index (χ0v) is 12.4. The van der Waals surface area contributed by atoms with Crippen molar-refractivity contribution in [2.45, 2.75) is 26.4 Å². The van der Waals surface area contributed by atoms with Gasteiger partial charge in [0.2, 0.25) is 0 Å². The van der Waals surface area contributed by atoms with E-state index >= 15 is 0 Å². The average molecular weight is 276 g/mol. The van der Waals surface area contributed by atoms with Crippen LogP contribution in [0.25, 0.3) is 11.4 Å². The molecule has 0 saturated carbocycles. The first-order valence-corrected chi connectivity index (χ1v) is 6.91. The van der Waals surface area contributed by atoms with Gasteiger partial charge >= 0.3 is 0 Å². The number of hydrogen-bond donors (Lipinski definition) is 1. The smallest absolute Gasteiger partial charge is 0.195 e. The van der Waals surface area contributed by atoms with Crippen LogP contribution in [0.15, 0.2) is 30.3 Å². The quantitative estimate of drug-likeness (QED) is 0.853. The van der Waals surface area contributed by atoms with E-state index < -0.39 is 0 Å². The molecule has 2 aromatic rings. The lowest BCUT2D eigenvalue weighted by molar-refractivity contribution is 0.263. The summed E-state index contributed by atoms with van der Waals surface area (Å²) in [6.07, 6.45) is 0. The van der Waals surface area contributed by atoms with E-state index in [-0.39, 0.29) is 0 Å². The van der Waals surface area contributed by atoms with Crippen LogP contribution in [-0.4, -0.2) is 39.3 Å². The molecule has 2 rings (SSSR count). The highest BCUT2D eigenvalue weighted by Gasteiger charge is 2.10. The molecule has 0 saturated heterocycles. The van der Waals surface area contributed by atoms with Gasteiger partial charge in [-0.05, 0) is 33.1 Å². The van der Waals surface area contributed by atoms with Crippen molar-refractivity contribution in [2.24, 2.45) is 0 Å². The number of likely N-dealkylation sites (N-methyl/N-ethyl adjacent to an activating group) is 1. The van der Waals surface area contributed by atoms with Gasteiger partial charge in [-0.2, -0.15) is 5.10 Å². The summed E-state index contributed by atoms with van der Waals surface area (Å²) < 4.78 is 2.74. The van der Waals surface area contributed by atoms with Crippen molar-refractivity contribution >= 4 is 12.2 Å². The first-order valence-electron chi connectivity index (χ1n) is 6.50. The first-order chi connectivity index (χ1) is 9.09. The SMILES string of the molecule is CC(C)N(C)CCn1c(-c2ccccc2)n[nH]c1=S. The molecule has 0 atom stereocenters. The molecule has 0 unspecified atom stereocenters. The lowest BCUT2D eigenvalue weighted by atomic mass is 10.2. The van der Waals surface area contributed by atoms with Gasteiger partial charge in [0.15, 0.2) is 10.6 Å². The first kappa shape index (κ1) is 14.0. The van der Waals surface area contributed by atoms with E-state index in [2.05, 4.69) is 40.6 Å². The van der Waals surface area contributed by atoms with E-state index in [0.29, 0.717) is 10.8 Å². The number of nitrogens with zero attached hydrogens (tertiary/aromatic N) is 3. The standard InChI is InChI=1S/C14H20N4S/c1-11(2)17(3)9-10-18-13(15-16-14(18)19)12-7-5-4-6-8-12/h4-8,11H,9-10H2,1-3H3,(H,16,19). The molecule has 1 aromatic carbocycles. The molecule has 0 bridgehead atoms. The van der Waals surface area contributed by atoms with E-state index in [0.717, 1.165) is 24.5 Å². The van der Waals surface area contributed by atoms with Crippen LogP contribution in [0.5, 0.6) is 0 Å². The molecule has 0 fully saturated rings. The number of benzene rings is 1. The van der Waals surface area contributed by atoms with Gasteiger partial charge in [-0.15, -0.1) is 0 Å². The molecule has 1 N–H and O–H groups in total. The zero-order valence-electron chi connectivity index (χ0n) is 11.6. The molecular weight excluding hydrogens is 256 g/mol. The van der Waals surface area contributed by atoms with Crippen molar-refractivity contribution in [1.82, 2.24) is 19.7 Å². The highest BCUT2D eigenvalue weighted by molar-refractivity contribution is 7.71. The second kappa shape index (κ2) is 6.12. The van der Waals surface area contributed by atoms with Gasteiger partial charge in [0.1, 0.15) is 0 Å². The van der Waals surface area contributed by atoms with E-state index in [1.54, 1.807) is 0 Å². The molecule has 4 nitrogen and oxygen atoms in total. The van der Waals surface area contributed by atoms with E-state index in [1.165, 1.54) is 0 Å². The van der Waals surface area contributed by atoms with Crippen LogP contribution in [-0.2, 0) is 6.54 Å². The fourth-order valence-corrected chi connectivity index (χ4v) is 2.07. The monoisotopic (exact) mass is 276 g/mol. The number of rotatable bonds is 5. The van der Waals surface area contributed by atoms with Crippen LogP contribution in [0, 0.1) is 4.77 Å². The summed E-state index contributed by atoms with van der Waals surface area (Å²) in [7, 11) is 2.12. The van der Waals surface area contributed by atoms with Gasteiger partial charge in [-0.3, -0.25) is 9.67 Å². The van der Waals surface area contributed by atoms with Crippen molar-refractivity contribution in [3.05, 3.63) is 35.1 Å². The molecule has 0 spiro atoms. The Bertz CT molecular complexity index is 571. The van der Waals surface area contributed by atoms with Gasteiger partial charge in [-0.1, -0.05) is 30.3 Å². The molecule has 1 heterocycles. The maximum absolute atomic E-state index is 5.32. The van der Waals surface area contributed by atoms with Crippen LogP contribution >= 0.6 is 12.2 Å². The largest absolute Gasteiger partial charge is 0.302 e. The van der Waals surface area contributed by atoms with Crippen LogP contribution in [0.1, 0.15) is 13.8 Å². The summed E-state index contributed by atoms with van der Waals surface area (Å²) in [5.74, 6) is 0.905. The number of H-pyrrole nitrogens is 1. The van der Waals surface area contributed by atoms with Crippen molar-refractivity contribution in [3.8, 4) is 11.4 Å². The molecule has 5 heteroatoms. The van der Waals surface area contributed by atoms with E-state index in [1.807, 2.05) is 30.3 Å². The van der Waals surface area contributed by atoms with Crippen molar-refractivity contribution in [1.29, 1.82) is 0 Å². The third-order valence-corrected chi connectivity index (χ3v) is 3.66. The van der Waals surface area contributed by atoms with Gasteiger partial charge in [-0.25, -0.2) is 0 Å². The minimum atomic E-state index is 0.529. The molecule has 1 aromatic heterocycles. The molecule has 0 aliphatic rings. The average Bonchev–Trinajstić information content (AvgIpc) is 2.78. The molecule has 19 heavy (non-hydrogen) atoms. The van der Waals surface area contributed by atoms with Crippen molar-refractivity contribution in [3.63, 3.8) is 0 Å². The van der Waals surface area contributed by atoms with Crippen molar-refractivity contribution in [2.75, 3.05) is 13.6 Å². The van der Waals surface area contributed by atoms with E-state index in [9.17, 15) is 0 Å². The lowest BCUT2D eigenvalue weighted by Crippen LogP contribution is -2.29. The molecule has 0 aliphatic heterocycles. The minimum absolute atomic E-state index is 0.529. The summed E-state index contributed by atoms with van der Waals surface area (Å²) in [5.41, 5.74) is 1.09. The fourth-order valence-electron chi connectivity index (χ4n) is 1.85. The predicted molar refractivity (Wildman–Crippen MR) is 80.6 cm³/mol. The Kier molecular flexibility index (Phi) is 4.50. The maximum atomic E-state index is 5.32.